The molecule has 0 spiro atoms. The summed E-state index contributed by atoms with van der Waals surface area (Å²) in [4.78, 5) is 18.7. The van der Waals surface area contributed by atoms with Crippen molar-refractivity contribution in [3.8, 4) is 5.75 Å². The molecule has 2 aromatic rings. The van der Waals surface area contributed by atoms with Gasteiger partial charge in [-0.15, -0.1) is 13.2 Å². The minimum absolute atomic E-state index is 0.0430. The molecule has 3 heterocycles. The zero-order chi connectivity index (χ0) is 23.6. The van der Waals surface area contributed by atoms with Crippen molar-refractivity contribution < 1.29 is 41.3 Å². The average Bonchev–Trinajstić information content (AvgIpc) is 3.20. The second kappa shape index (κ2) is 9.41. The Morgan fingerprint density at radius 1 is 1.30 bits per heavy atom. The van der Waals surface area contributed by atoms with E-state index in [-0.39, 0.29) is 60.8 Å². The number of piperidine rings is 1. The lowest BCUT2D eigenvalue weighted by molar-refractivity contribution is -0.325. The normalized spacial score (nSPS) is 22.8. The van der Waals surface area contributed by atoms with E-state index < -0.39 is 30.5 Å². The molecule has 0 radical (unpaired) electrons. The molecule has 0 aliphatic carbocycles. The first kappa shape index (κ1) is 23.7. The van der Waals surface area contributed by atoms with E-state index in [0.29, 0.717) is 0 Å². The van der Waals surface area contributed by atoms with Crippen LogP contribution in [0.1, 0.15) is 22.5 Å². The van der Waals surface area contributed by atoms with Gasteiger partial charge in [-0.05, 0) is 30.3 Å². The number of fused-ring (bicyclic) bond motifs is 1. The zero-order valence-corrected chi connectivity index (χ0v) is 17.9. The van der Waals surface area contributed by atoms with E-state index in [1.54, 1.807) is 4.90 Å². The highest BCUT2D eigenvalue weighted by molar-refractivity contribution is 6.32. The van der Waals surface area contributed by atoms with Gasteiger partial charge >= 0.3 is 6.36 Å². The first-order valence-corrected chi connectivity index (χ1v) is 10.4. The molecule has 2 unspecified atom stereocenters. The largest absolute Gasteiger partial charge is 0.522 e. The van der Waals surface area contributed by atoms with Gasteiger partial charge in [0.25, 0.3) is 5.91 Å². The van der Waals surface area contributed by atoms with Gasteiger partial charge < -0.3 is 19.1 Å². The number of amides is 1. The van der Waals surface area contributed by atoms with Crippen LogP contribution in [0.15, 0.2) is 36.5 Å². The van der Waals surface area contributed by atoms with Crippen molar-refractivity contribution in [3.05, 3.63) is 58.6 Å². The third kappa shape index (κ3) is 5.06. The van der Waals surface area contributed by atoms with Crippen molar-refractivity contribution in [1.82, 2.24) is 9.88 Å². The lowest BCUT2D eigenvalue weighted by Gasteiger charge is -2.41. The first-order valence-electron chi connectivity index (χ1n) is 9.98. The number of benzene rings is 1. The van der Waals surface area contributed by atoms with Crippen LogP contribution < -0.4 is 4.74 Å². The van der Waals surface area contributed by atoms with Crippen LogP contribution in [-0.2, 0) is 19.8 Å². The number of carbonyl (C=O) groups is 1. The number of carbonyl (C=O) groups excluding carboxylic acids is 1. The lowest BCUT2D eigenvalue weighted by Crippen LogP contribution is -2.54. The molecule has 1 aromatic carbocycles. The van der Waals surface area contributed by atoms with Crippen molar-refractivity contribution in [3.63, 3.8) is 0 Å². The van der Waals surface area contributed by atoms with E-state index in [4.69, 9.17) is 25.8 Å². The second-order valence-corrected chi connectivity index (χ2v) is 7.84. The summed E-state index contributed by atoms with van der Waals surface area (Å²) in [7, 11) is 0. The van der Waals surface area contributed by atoms with E-state index in [0.717, 1.165) is 0 Å². The molecule has 7 nitrogen and oxygen atoms in total. The third-order valence-electron chi connectivity index (χ3n) is 5.48. The molecule has 2 aliphatic rings. The molecule has 0 bridgehead atoms. The molecule has 1 amide bonds. The van der Waals surface area contributed by atoms with E-state index in [9.17, 15) is 22.4 Å². The van der Waals surface area contributed by atoms with Crippen LogP contribution in [0.3, 0.4) is 0 Å². The summed E-state index contributed by atoms with van der Waals surface area (Å²) in [5.41, 5.74) is -0.663. The van der Waals surface area contributed by atoms with Gasteiger partial charge in [0.2, 0.25) is 0 Å². The van der Waals surface area contributed by atoms with Gasteiger partial charge in [-0.2, -0.15) is 0 Å². The first-order chi connectivity index (χ1) is 15.7. The molecule has 0 saturated carbocycles. The summed E-state index contributed by atoms with van der Waals surface area (Å²) in [5, 5.41) is 0.0650. The number of alkyl halides is 3. The molecule has 0 N–H and O–H groups in total. The Morgan fingerprint density at radius 2 is 2.12 bits per heavy atom. The predicted molar refractivity (Wildman–Crippen MR) is 106 cm³/mol. The van der Waals surface area contributed by atoms with Crippen molar-refractivity contribution in [2.75, 3.05) is 33.1 Å². The van der Waals surface area contributed by atoms with Gasteiger partial charge in [-0.3, -0.25) is 14.5 Å². The zero-order valence-electron chi connectivity index (χ0n) is 17.1. The van der Waals surface area contributed by atoms with Crippen LogP contribution >= 0.6 is 11.6 Å². The van der Waals surface area contributed by atoms with Gasteiger partial charge in [0.1, 0.15) is 42.4 Å². The predicted octanol–water partition coefficient (Wildman–Crippen LogP) is 3.90. The second-order valence-electron chi connectivity index (χ2n) is 7.43. The maximum absolute atomic E-state index is 14.4. The molecule has 33 heavy (non-hydrogen) atoms. The number of rotatable bonds is 6. The van der Waals surface area contributed by atoms with E-state index in [1.165, 1.54) is 36.5 Å². The number of halogens is 5. The Labute approximate surface area is 191 Å². The van der Waals surface area contributed by atoms with Crippen LogP contribution in [-0.4, -0.2) is 61.4 Å². The fraction of sp³-hybridized carbons (Fsp3) is 0.429. The third-order valence-corrected chi connectivity index (χ3v) is 5.77. The molecule has 12 heteroatoms. The number of hydrogen-bond donors (Lipinski definition) is 0. The van der Waals surface area contributed by atoms with Crippen LogP contribution in [0, 0.1) is 5.82 Å². The van der Waals surface area contributed by atoms with Gasteiger partial charge in [0.15, 0.2) is 0 Å². The number of hydrogen-bond acceptors (Lipinski definition) is 6. The number of aromatic nitrogens is 1. The van der Waals surface area contributed by atoms with Crippen molar-refractivity contribution in [2.45, 2.75) is 24.5 Å². The Morgan fingerprint density at radius 3 is 2.85 bits per heavy atom. The molecular formula is C21H19ClF4N2O5. The van der Waals surface area contributed by atoms with Crippen LogP contribution in [0.5, 0.6) is 5.75 Å². The molecule has 1 aromatic heterocycles. The van der Waals surface area contributed by atoms with Crippen molar-refractivity contribution in [1.29, 1.82) is 0 Å². The minimum atomic E-state index is -4.74. The van der Waals surface area contributed by atoms with E-state index in [2.05, 4.69) is 9.72 Å². The minimum Gasteiger partial charge on any atom is -0.490 e. The Bertz CT molecular complexity index is 1020. The van der Waals surface area contributed by atoms with Crippen molar-refractivity contribution >= 4 is 17.5 Å². The van der Waals surface area contributed by atoms with Gasteiger partial charge in [0.05, 0.1) is 18.2 Å². The summed E-state index contributed by atoms with van der Waals surface area (Å²) in [5.74, 6) is -0.722. The van der Waals surface area contributed by atoms with Crippen LogP contribution in [0.2, 0.25) is 5.02 Å². The summed E-state index contributed by atoms with van der Waals surface area (Å²) in [6.07, 6.45) is -3.59. The molecule has 2 saturated heterocycles. The maximum Gasteiger partial charge on any atom is 0.522 e. The Kier molecular flexibility index (Phi) is 6.76. The van der Waals surface area contributed by atoms with Crippen LogP contribution in [0.25, 0.3) is 0 Å². The molecule has 4 rings (SSSR count). The van der Waals surface area contributed by atoms with E-state index in [1.807, 2.05) is 0 Å². The van der Waals surface area contributed by atoms with Crippen molar-refractivity contribution in [2.24, 2.45) is 0 Å². The topological polar surface area (TPSA) is 70.1 Å². The quantitative estimate of drug-likeness (QED) is 0.452. The summed E-state index contributed by atoms with van der Waals surface area (Å²) in [6.45, 7) is -0.697. The maximum atomic E-state index is 14.4. The van der Waals surface area contributed by atoms with Crippen LogP contribution in [0.4, 0.5) is 17.6 Å². The molecule has 2 fully saturated rings. The monoisotopic (exact) mass is 490 g/mol. The number of pyridine rings is 1. The molecule has 2 atom stereocenters. The summed E-state index contributed by atoms with van der Waals surface area (Å²) in [6, 6.07) is 7.01. The van der Waals surface area contributed by atoms with E-state index >= 15 is 0 Å². The highest BCUT2D eigenvalue weighted by Crippen LogP contribution is 2.42. The Hall–Kier alpha value is -2.47. The SMILES string of the molecule is O=C(c1ccc(OCCOC(F)(F)F)c(Cl)c1)N1CCC2(c3ncccc3F)OCOC2C1. The summed E-state index contributed by atoms with van der Waals surface area (Å²) < 4.78 is 70.7. The molecular weight excluding hydrogens is 472 g/mol. The average molecular weight is 491 g/mol. The fourth-order valence-corrected chi connectivity index (χ4v) is 4.17. The summed E-state index contributed by atoms with van der Waals surface area (Å²) >= 11 is 6.14. The Balaban J connectivity index is 1.41. The molecule has 2 aliphatic heterocycles. The van der Waals surface area contributed by atoms with Gasteiger partial charge in [0, 0.05) is 24.7 Å². The van der Waals surface area contributed by atoms with Gasteiger partial charge in [-0.25, -0.2) is 4.39 Å². The number of ether oxygens (including phenoxy) is 4. The number of likely N-dealkylation sites (tertiary alicyclic amines) is 1. The van der Waals surface area contributed by atoms with Gasteiger partial charge in [-0.1, -0.05) is 11.6 Å². The highest BCUT2D eigenvalue weighted by Gasteiger charge is 2.53. The number of nitrogens with zero attached hydrogens (tertiary/aromatic N) is 2. The fourth-order valence-electron chi connectivity index (χ4n) is 3.94. The molecule has 178 valence electrons. The highest BCUT2D eigenvalue weighted by atomic mass is 35.5. The standard InChI is InChI=1S/C21H19ClF4N2O5/c22-14-10-13(3-4-16(14)30-8-9-32-21(24,25)26)19(29)28-7-5-20(17(11-28)31-12-33-20)18-15(23)2-1-6-27-18/h1-4,6,10,17H,5,7-9,11-12H2. The lowest BCUT2D eigenvalue weighted by atomic mass is 9.84. The smallest absolute Gasteiger partial charge is 0.490 e.